The molecule has 2 atom stereocenters. The Morgan fingerprint density at radius 2 is 1.57 bits per heavy atom. The summed E-state index contributed by atoms with van der Waals surface area (Å²) in [5.74, 6) is 0.421. The third-order valence-corrected chi connectivity index (χ3v) is 5.37. The Morgan fingerprint density at radius 3 is 2.26 bits per heavy atom. The molecule has 0 bridgehead atoms. The highest BCUT2D eigenvalue weighted by Crippen LogP contribution is 2.24. The molecule has 23 heavy (non-hydrogen) atoms. The minimum Gasteiger partial charge on any atom is -0.396 e. The number of carbonyl (C=O) groups is 2. The molecule has 132 valence electrons. The summed E-state index contributed by atoms with van der Waals surface area (Å²) in [5.41, 5.74) is 0. The van der Waals surface area contributed by atoms with Crippen molar-refractivity contribution in [1.29, 1.82) is 0 Å². The Morgan fingerprint density at radius 1 is 0.913 bits per heavy atom. The van der Waals surface area contributed by atoms with E-state index in [0.29, 0.717) is 13.0 Å². The highest BCUT2D eigenvalue weighted by Gasteiger charge is 2.25. The van der Waals surface area contributed by atoms with Crippen LogP contribution in [-0.2, 0) is 9.59 Å². The third-order valence-electron chi connectivity index (χ3n) is 5.37. The molecule has 2 aliphatic carbocycles. The van der Waals surface area contributed by atoms with Crippen molar-refractivity contribution in [2.75, 3.05) is 13.2 Å². The number of aliphatic hydroxyl groups excluding tert-OH is 1. The van der Waals surface area contributed by atoms with E-state index in [9.17, 15) is 14.7 Å². The molecule has 2 aliphatic rings. The average molecular weight is 324 g/mol. The van der Waals surface area contributed by atoms with Gasteiger partial charge in [-0.05, 0) is 25.7 Å². The van der Waals surface area contributed by atoms with E-state index in [-0.39, 0.29) is 36.3 Å². The molecule has 0 aromatic rings. The molecule has 0 saturated heterocycles. The van der Waals surface area contributed by atoms with Gasteiger partial charge in [0, 0.05) is 37.5 Å². The predicted octanol–water partition coefficient (Wildman–Crippen LogP) is 2.13. The summed E-state index contributed by atoms with van der Waals surface area (Å²) in [6.45, 7) is 0.557. The lowest BCUT2D eigenvalue weighted by atomic mass is 9.89. The summed E-state index contributed by atoms with van der Waals surface area (Å²) in [5, 5.41) is 15.5. The third kappa shape index (κ3) is 6.13. The molecule has 0 aliphatic heterocycles. The average Bonchev–Trinajstić information content (AvgIpc) is 2.80. The van der Waals surface area contributed by atoms with Gasteiger partial charge >= 0.3 is 0 Å². The van der Waals surface area contributed by atoms with E-state index in [4.69, 9.17) is 0 Å². The zero-order chi connectivity index (χ0) is 16.5. The van der Waals surface area contributed by atoms with E-state index < -0.39 is 0 Å². The second-order valence-corrected chi connectivity index (χ2v) is 7.13. The fourth-order valence-corrected chi connectivity index (χ4v) is 3.88. The van der Waals surface area contributed by atoms with Crippen LogP contribution < -0.4 is 10.6 Å². The summed E-state index contributed by atoms with van der Waals surface area (Å²) >= 11 is 0. The summed E-state index contributed by atoms with van der Waals surface area (Å²) in [6.07, 6.45) is 11.2. The van der Waals surface area contributed by atoms with Crippen LogP contribution in [0, 0.1) is 11.8 Å². The molecule has 0 radical (unpaired) electrons. The summed E-state index contributed by atoms with van der Waals surface area (Å²) in [6, 6.07) is 0.0871. The van der Waals surface area contributed by atoms with Gasteiger partial charge in [0.2, 0.25) is 11.8 Å². The zero-order valence-corrected chi connectivity index (χ0v) is 14.2. The van der Waals surface area contributed by atoms with Crippen LogP contribution in [0.2, 0.25) is 0 Å². The first-order chi connectivity index (χ1) is 11.2. The molecule has 0 aromatic heterocycles. The SMILES string of the molecule is O=C(CCNC(=O)C1CCCCC1)NC1CCCCCC1CO. The summed E-state index contributed by atoms with van der Waals surface area (Å²) in [7, 11) is 0. The van der Waals surface area contributed by atoms with E-state index in [1.807, 2.05) is 0 Å². The number of amides is 2. The van der Waals surface area contributed by atoms with Crippen LogP contribution in [0.5, 0.6) is 0 Å². The van der Waals surface area contributed by atoms with Crippen LogP contribution in [0.25, 0.3) is 0 Å². The molecule has 5 nitrogen and oxygen atoms in total. The van der Waals surface area contributed by atoms with E-state index in [0.717, 1.165) is 51.4 Å². The van der Waals surface area contributed by atoms with E-state index in [1.165, 1.54) is 12.8 Å². The van der Waals surface area contributed by atoms with Gasteiger partial charge in [-0.15, -0.1) is 0 Å². The van der Waals surface area contributed by atoms with Crippen molar-refractivity contribution in [1.82, 2.24) is 10.6 Å². The Bertz CT molecular complexity index is 380. The maximum absolute atomic E-state index is 12.1. The molecule has 0 heterocycles. The highest BCUT2D eigenvalue weighted by molar-refractivity contribution is 5.80. The predicted molar refractivity (Wildman–Crippen MR) is 89.8 cm³/mol. The van der Waals surface area contributed by atoms with Crippen molar-refractivity contribution in [3.63, 3.8) is 0 Å². The number of nitrogens with one attached hydrogen (secondary N) is 2. The maximum Gasteiger partial charge on any atom is 0.223 e. The number of hydrogen-bond acceptors (Lipinski definition) is 3. The van der Waals surface area contributed by atoms with Crippen LogP contribution in [0.1, 0.15) is 70.6 Å². The first kappa shape index (κ1) is 18.2. The first-order valence-corrected chi connectivity index (χ1v) is 9.38. The lowest BCUT2D eigenvalue weighted by Crippen LogP contribution is -2.42. The quantitative estimate of drug-likeness (QED) is 0.655. The molecule has 2 unspecified atom stereocenters. The second kappa shape index (κ2) is 9.91. The Labute approximate surface area is 139 Å². The number of aliphatic hydroxyl groups is 1. The minimum absolute atomic E-state index is 0.0145. The van der Waals surface area contributed by atoms with Crippen molar-refractivity contribution in [2.24, 2.45) is 11.8 Å². The molecule has 2 fully saturated rings. The molecule has 2 amide bonds. The zero-order valence-electron chi connectivity index (χ0n) is 14.2. The Balaban J connectivity index is 1.66. The van der Waals surface area contributed by atoms with E-state index in [1.54, 1.807) is 0 Å². The van der Waals surface area contributed by atoms with Crippen molar-refractivity contribution in [2.45, 2.75) is 76.7 Å². The van der Waals surface area contributed by atoms with Gasteiger partial charge in [0.1, 0.15) is 0 Å². The summed E-state index contributed by atoms with van der Waals surface area (Å²) < 4.78 is 0. The second-order valence-electron chi connectivity index (χ2n) is 7.13. The topological polar surface area (TPSA) is 78.4 Å². The molecule has 0 aromatic carbocycles. The van der Waals surface area contributed by atoms with Gasteiger partial charge in [-0.3, -0.25) is 9.59 Å². The number of rotatable bonds is 6. The number of carbonyl (C=O) groups excluding carboxylic acids is 2. The van der Waals surface area contributed by atoms with Crippen LogP contribution >= 0.6 is 0 Å². The smallest absolute Gasteiger partial charge is 0.223 e. The van der Waals surface area contributed by atoms with Crippen molar-refractivity contribution >= 4 is 11.8 Å². The fourth-order valence-electron chi connectivity index (χ4n) is 3.88. The monoisotopic (exact) mass is 324 g/mol. The lowest BCUT2D eigenvalue weighted by molar-refractivity contribution is -0.126. The van der Waals surface area contributed by atoms with Crippen LogP contribution in [0.4, 0.5) is 0 Å². The fraction of sp³-hybridized carbons (Fsp3) is 0.889. The van der Waals surface area contributed by atoms with E-state index in [2.05, 4.69) is 10.6 Å². The first-order valence-electron chi connectivity index (χ1n) is 9.38. The number of hydrogen-bond donors (Lipinski definition) is 3. The van der Waals surface area contributed by atoms with Gasteiger partial charge in [0.15, 0.2) is 0 Å². The molecular weight excluding hydrogens is 292 g/mol. The van der Waals surface area contributed by atoms with Crippen LogP contribution in [0.3, 0.4) is 0 Å². The van der Waals surface area contributed by atoms with Gasteiger partial charge < -0.3 is 15.7 Å². The van der Waals surface area contributed by atoms with Gasteiger partial charge in [-0.2, -0.15) is 0 Å². The molecule has 3 N–H and O–H groups in total. The molecule has 5 heteroatoms. The Hall–Kier alpha value is -1.10. The van der Waals surface area contributed by atoms with Crippen LogP contribution in [0.15, 0.2) is 0 Å². The molecule has 0 spiro atoms. The molecular formula is C18H32N2O3. The normalized spacial score (nSPS) is 26.3. The minimum atomic E-state index is -0.0145. The molecule has 2 rings (SSSR count). The highest BCUT2D eigenvalue weighted by atomic mass is 16.3. The van der Waals surface area contributed by atoms with Crippen molar-refractivity contribution < 1.29 is 14.7 Å². The van der Waals surface area contributed by atoms with Gasteiger partial charge in [-0.25, -0.2) is 0 Å². The van der Waals surface area contributed by atoms with Crippen molar-refractivity contribution in [3.8, 4) is 0 Å². The standard InChI is InChI=1S/C18H32N2O3/c21-13-15-9-5-2-6-10-16(15)20-17(22)11-12-19-18(23)14-7-3-1-4-8-14/h14-16,21H,1-13H2,(H,19,23)(H,20,22). The summed E-state index contributed by atoms with van der Waals surface area (Å²) in [4.78, 5) is 24.1. The lowest BCUT2D eigenvalue weighted by Gasteiger charge is -2.24. The van der Waals surface area contributed by atoms with Gasteiger partial charge in [0.05, 0.1) is 0 Å². The van der Waals surface area contributed by atoms with Gasteiger partial charge in [-0.1, -0.05) is 38.5 Å². The maximum atomic E-state index is 12.1. The molecule has 2 saturated carbocycles. The van der Waals surface area contributed by atoms with Crippen molar-refractivity contribution in [3.05, 3.63) is 0 Å². The van der Waals surface area contributed by atoms with Gasteiger partial charge in [0.25, 0.3) is 0 Å². The van der Waals surface area contributed by atoms with Crippen LogP contribution in [-0.4, -0.2) is 36.1 Å². The largest absolute Gasteiger partial charge is 0.396 e. The van der Waals surface area contributed by atoms with E-state index >= 15 is 0 Å². The Kier molecular flexibility index (Phi) is 7.86.